The fourth-order valence-corrected chi connectivity index (χ4v) is 1.93. The Morgan fingerprint density at radius 1 is 1.30 bits per heavy atom. The summed E-state index contributed by atoms with van der Waals surface area (Å²) in [4.78, 5) is 0. The predicted octanol–water partition coefficient (Wildman–Crippen LogP) is 2.84. The van der Waals surface area contributed by atoms with Crippen molar-refractivity contribution in [2.24, 2.45) is 10.9 Å². The first-order valence-electron chi connectivity index (χ1n) is 6.17. The van der Waals surface area contributed by atoms with Gasteiger partial charge < -0.3 is 16.3 Å². The first-order chi connectivity index (χ1) is 9.61. The molecule has 0 aliphatic heterocycles. The minimum absolute atomic E-state index is 0.0673. The highest BCUT2D eigenvalue weighted by Gasteiger charge is 2.06. The SMILES string of the molecule is Cc1cc(NCc2ccccc2C(N)=NO)ccc1F. The standard InChI is InChI=1S/C15H16FN3O/c1-10-8-12(6-7-14(10)16)18-9-11-4-2-3-5-13(11)15(17)19-20/h2-8,18,20H,9H2,1H3,(H2,17,19). The molecule has 0 bridgehead atoms. The number of halogens is 1. The lowest BCUT2D eigenvalue weighted by Gasteiger charge is -2.11. The van der Waals surface area contributed by atoms with Gasteiger partial charge in [0.2, 0.25) is 0 Å². The molecule has 2 aromatic carbocycles. The van der Waals surface area contributed by atoms with E-state index in [0.29, 0.717) is 17.7 Å². The van der Waals surface area contributed by atoms with Gasteiger partial charge in [0.1, 0.15) is 5.82 Å². The second-order valence-corrected chi connectivity index (χ2v) is 4.46. The van der Waals surface area contributed by atoms with Crippen LogP contribution in [0.3, 0.4) is 0 Å². The third-order valence-electron chi connectivity index (χ3n) is 3.04. The molecule has 0 aliphatic rings. The van der Waals surface area contributed by atoms with Crippen molar-refractivity contribution >= 4 is 11.5 Å². The van der Waals surface area contributed by atoms with Crippen molar-refractivity contribution in [2.75, 3.05) is 5.32 Å². The second-order valence-electron chi connectivity index (χ2n) is 4.46. The third-order valence-corrected chi connectivity index (χ3v) is 3.04. The van der Waals surface area contributed by atoms with Gasteiger partial charge in [0.25, 0.3) is 0 Å². The summed E-state index contributed by atoms with van der Waals surface area (Å²) in [6.07, 6.45) is 0. The van der Waals surface area contributed by atoms with Crippen LogP contribution in [0.4, 0.5) is 10.1 Å². The van der Waals surface area contributed by atoms with Gasteiger partial charge in [-0.25, -0.2) is 4.39 Å². The van der Waals surface area contributed by atoms with Crippen LogP contribution in [0, 0.1) is 12.7 Å². The number of anilines is 1. The molecule has 0 heterocycles. The lowest BCUT2D eigenvalue weighted by atomic mass is 10.1. The second kappa shape index (κ2) is 6.06. The Bertz CT molecular complexity index is 641. The van der Waals surface area contributed by atoms with E-state index in [9.17, 15) is 4.39 Å². The van der Waals surface area contributed by atoms with Crippen molar-refractivity contribution in [1.29, 1.82) is 0 Å². The molecule has 0 amide bonds. The molecule has 0 aliphatic carbocycles. The molecule has 0 saturated carbocycles. The molecule has 0 unspecified atom stereocenters. The maximum atomic E-state index is 13.2. The van der Waals surface area contributed by atoms with Crippen molar-refractivity contribution in [3.63, 3.8) is 0 Å². The normalized spacial score (nSPS) is 11.4. The molecule has 0 aromatic heterocycles. The van der Waals surface area contributed by atoms with Crippen LogP contribution < -0.4 is 11.1 Å². The van der Waals surface area contributed by atoms with Gasteiger partial charge in [-0.2, -0.15) is 0 Å². The molecule has 0 spiro atoms. The van der Waals surface area contributed by atoms with Crippen LogP contribution in [0.2, 0.25) is 0 Å². The number of aryl methyl sites for hydroxylation is 1. The Labute approximate surface area is 116 Å². The number of nitrogens with zero attached hydrogens (tertiary/aromatic N) is 1. The molecule has 20 heavy (non-hydrogen) atoms. The van der Waals surface area contributed by atoms with Crippen molar-refractivity contribution in [3.05, 3.63) is 65.0 Å². The monoisotopic (exact) mass is 273 g/mol. The number of hydrogen-bond acceptors (Lipinski definition) is 3. The summed E-state index contributed by atoms with van der Waals surface area (Å²) in [7, 11) is 0. The summed E-state index contributed by atoms with van der Waals surface area (Å²) in [5.41, 5.74) is 8.59. The third kappa shape index (κ3) is 3.06. The first kappa shape index (κ1) is 13.9. The fraction of sp³-hybridized carbons (Fsp3) is 0.133. The zero-order valence-corrected chi connectivity index (χ0v) is 11.1. The van der Waals surface area contributed by atoms with E-state index >= 15 is 0 Å². The number of rotatable bonds is 4. The largest absolute Gasteiger partial charge is 0.409 e. The van der Waals surface area contributed by atoms with Gasteiger partial charge in [0.15, 0.2) is 5.84 Å². The Hall–Kier alpha value is -2.56. The summed E-state index contributed by atoms with van der Waals surface area (Å²) in [6.45, 7) is 2.21. The van der Waals surface area contributed by atoms with Gasteiger partial charge in [0, 0.05) is 17.8 Å². The molecule has 4 nitrogen and oxygen atoms in total. The van der Waals surface area contributed by atoms with Crippen LogP contribution >= 0.6 is 0 Å². The summed E-state index contributed by atoms with van der Waals surface area (Å²) in [5.74, 6) is -0.162. The lowest BCUT2D eigenvalue weighted by molar-refractivity contribution is 0.318. The summed E-state index contributed by atoms with van der Waals surface area (Å²) < 4.78 is 13.2. The van der Waals surface area contributed by atoms with Crippen LogP contribution in [0.5, 0.6) is 0 Å². The highest BCUT2D eigenvalue weighted by atomic mass is 19.1. The lowest BCUT2D eigenvalue weighted by Crippen LogP contribution is -2.16. The zero-order chi connectivity index (χ0) is 14.5. The topological polar surface area (TPSA) is 70.6 Å². The maximum absolute atomic E-state index is 13.2. The molecule has 4 N–H and O–H groups in total. The molecular weight excluding hydrogens is 257 g/mol. The maximum Gasteiger partial charge on any atom is 0.170 e. The van der Waals surface area contributed by atoms with Crippen LogP contribution in [0.25, 0.3) is 0 Å². The molecule has 0 atom stereocenters. The molecule has 5 heteroatoms. The first-order valence-corrected chi connectivity index (χ1v) is 6.17. The number of amidine groups is 1. The van der Waals surface area contributed by atoms with Crippen LogP contribution in [-0.4, -0.2) is 11.0 Å². The van der Waals surface area contributed by atoms with E-state index in [2.05, 4.69) is 10.5 Å². The smallest absolute Gasteiger partial charge is 0.170 e. The molecule has 0 saturated heterocycles. The highest BCUT2D eigenvalue weighted by molar-refractivity contribution is 5.98. The highest BCUT2D eigenvalue weighted by Crippen LogP contribution is 2.16. The van der Waals surface area contributed by atoms with E-state index in [1.54, 1.807) is 25.1 Å². The zero-order valence-electron chi connectivity index (χ0n) is 11.1. The number of hydrogen-bond donors (Lipinski definition) is 3. The summed E-state index contributed by atoms with van der Waals surface area (Å²) in [5, 5.41) is 15.0. The van der Waals surface area contributed by atoms with Crippen molar-refractivity contribution in [2.45, 2.75) is 13.5 Å². The van der Waals surface area contributed by atoms with Crippen LogP contribution in [-0.2, 0) is 6.54 Å². The summed E-state index contributed by atoms with van der Waals surface area (Å²) in [6, 6.07) is 12.2. The van der Waals surface area contributed by atoms with Gasteiger partial charge in [-0.1, -0.05) is 29.4 Å². The number of benzene rings is 2. The van der Waals surface area contributed by atoms with E-state index in [1.165, 1.54) is 6.07 Å². The molecule has 0 radical (unpaired) electrons. The van der Waals surface area contributed by atoms with Crippen molar-refractivity contribution < 1.29 is 9.60 Å². The van der Waals surface area contributed by atoms with Gasteiger partial charge >= 0.3 is 0 Å². The van der Waals surface area contributed by atoms with Crippen molar-refractivity contribution in [1.82, 2.24) is 0 Å². The van der Waals surface area contributed by atoms with E-state index in [0.717, 1.165) is 11.3 Å². The molecular formula is C15H16FN3O. The average molecular weight is 273 g/mol. The molecule has 0 fully saturated rings. The Morgan fingerprint density at radius 3 is 2.75 bits per heavy atom. The van der Waals surface area contributed by atoms with Gasteiger partial charge in [-0.15, -0.1) is 0 Å². The number of oxime groups is 1. The Morgan fingerprint density at radius 2 is 2.05 bits per heavy atom. The van der Waals surface area contributed by atoms with E-state index in [4.69, 9.17) is 10.9 Å². The molecule has 104 valence electrons. The average Bonchev–Trinajstić information content (AvgIpc) is 2.48. The molecule has 2 aromatic rings. The number of nitrogens with one attached hydrogen (secondary N) is 1. The molecule has 2 rings (SSSR count). The van der Waals surface area contributed by atoms with E-state index in [-0.39, 0.29) is 11.7 Å². The van der Waals surface area contributed by atoms with Gasteiger partial charge in [-0.3, -0.25) is 0 Å². The quantitative estimate of drug-likeness (QED) is 0.347. The minimum Gasteiger partial charge on any atom is -0.409 e. The van der Waals surface area contributed by atoms with Gasteiger partial charge in [-0.05, 0) is 36.2 Å². The predicted molar refractivity (Wildman–Crippen MR) is 77.4 cm³/mol. The van der Waals surface area contributed by atoms with Crippen molar-refractivity contribution in [3.8, 4) is 0 Å². The number of nitrogens with two attached hydrogens (primary N) is 1. The summed E-state index contributed by atoms with van der Waals surface area (Å²) >= 11 is 0. The Kier molecular flexibility index (Phi) is 4.20. The van der Waals surface area contributed by atoms with E-state index in [1.807, 2.05) is 18.2 Å². The van der Waals surface area contributed by atoms with E-state index < -0.39 is 0 Å². The fourth-order valence-electron chi connectivity index (χ4n) is 1.93. The van der Waals surface area contributed by atoms with Gasteiger partial charge in [0.05, 0.1) is 0 Å². The van der Waals surface area contributed by atoms with Crippen LogP contribution in [0.15, 0.2) is 47.6 Å². The Balaban J connectivity index is 2.17. The van der Waals surface area contributed by atoms with Crippen LogP contribution in [0.1, 0.15) is 16.7 Å². The minimum atomic E-state index is -0.229.